The summed E-state index contributed by atoms with van der Waals surface area (Å²) in [4.78, 5) is 49.9. The number of benzene rings is 2. The summed E-state index contributed by atoms with van der Waals surface area (Å²) in [5.41, 5.74) is 1.61. The first-order chi connectivity index (χ1) is 28.9. The van der Waals surface area contributed by atoms with Crippen LogP contribution in [0.15, 0.2) is 60.7 Å². The van der Waals surface area contributed by atoms with E-state index in [1.165, 1.54) is 41.9 Å². The van der Waals surface area contributed by atoms with Crippen LogP contribution < -0.4 is 24.3 Å². The normalized spacial score (nSPS) is 12.4. The first-order valence-electron chi connectivity index (χ1n) is 20.6. The zero-order valence-electron chi connectivity index (χ0n) is 36.0. The van der Waals surface area contributed by atoms with Crippen molar-refractivity contribution in [3.63, 3.8) is 0 Å². The van der Waals surface area contributed by atoms with Crippen molar-refractivity contribution in [2.45, 2.75) is 111 Å². The molecule has 15 heteroatoms. The first kappa shape index (κ1) is 52.0. The van der Waals surface area contributed by atoms with E-state index < -0.39 is 37.7 Å². The molecule has 0 saturated carbocycles. The third-order valence-corrected chi connectivity index (χ3v) is 11.2. The van der Waals surface area contributed by atoms with Gasteiger partial charge in [-0.3, -0.25) is 9.59 Å². The van der Waals surface area contributed by atoms with E-state index >= 15 is 0 Å². The van der Waals surface area contributed by atoms with Gasteiger partial charge in [0.2, 0.25) is 5.91 Å². The molecule has 0 bridgehead atoms. The molecule has 13 nitrogen and oxygen atoms in total. The molecule has 0 aliphatic carbocycles. The molecule has 2 aromatic carbocycles. The Bertz CT molecular complexity index is 1530. The lowest BCUT2D eigenvalue weighted by Gasteiger charge is -2.17. The van der Waals surface area contributed by atoms with E-state index in [9.17, 15) is 29.4 Å². The minimum Gasteiger partial charge on any atom is -0.493 e. The summed E-state index contributed by atoms with van der Waals surface area (Å²) in [6.07, 6.45) is 12.1. The van der Waals surface area contributed by atoms with Gasteiger partial charge in [-0.1, -0.05) is 85.7 Å². The number of allylic oxidation sites excluding steroid dienone is 4. The van der Waals surface area contributed by atoms with Gasteiger partial charge >= 0.3 is 12.3 Å². The van der Waals surface area contributed by atoms with Crippen LogP contribution in [0.2, 0.25) is 0 Å². The number of ketones is 1. The fraction of sp³-hybridized carbons (Fsp3) is 0.556. The molecule has 0 saturated heterocycles. The molecule has 0 heterocycles. The Balaban J connectivity index is 1.73. The second kappa shape index (κ2) is 30.8. The van der Waals surface area contributed by atoms with Crippen molar-refractivity contribution < 1.29 is 57.8 Å². The van der Waals surface area contributed by atoms with Crippen LogP contribution in [-0.2, 0) is 32.0 Å². The predicted octanol–water partition coefficient (Wildman–Crippen LogP) is 9.20. The highest BCUT2D eigenvalue weighted by atomic mass is 33.1. The third-order valence-electron chi connectivity index (χ3n) is 8.69. The number of ether oxygens (including phenoxy) is 6. The highest BCUT2D eigenvalue weighted by Crippen LogP contribution is 2.31. The number of aliphatic hydroxyl groups is 2. The van der Waals surface area contributed by atoms with Gasteiger partial charge in [0, 0.05) is 37.3 Å². The number of unbranched alkanes of at least 4 members (excludes halogenated alkanes) is 4. The average Bonchev–Trinajstić information content (AvgIpc) is 3.22. The molecule has 0 radical (unpaired) electrons. The molecule has 1 amide bonds. The van der Waals surface area contributed by atoms with Crippen LogP contribution in [0.4, 0.5) is 9.59 Å². The number of amides is 1. The number of nitrogens with one attached hydrogen (secondary N) is 1. The van der Waals surface area contributed by atoms with E-state index in [-0.39, 0.29) is 47.0 Å². The van der Waals surface area contributed by atoms with Crippen molar-refractivity contribution in [3.05, 3.63) is 71.8 Å². The molecule has 60 heavy (non-hydrogen) atoms. The van der Waals surface area contributed by atoms with Crippen molar-refractivity contribution in [3.8, 4) is 23.0 Å². The lowest BCUT2D eigenvalue weighted by atomic mass is 10.0. The predicted molar refractivity (Wildman–Crippen MR) is 237 cm³/mol. The van der Waals surface area contributed by atoms with Gasteiger partial charge in [0.25, 0.3) is 0 Å². The summed E-state index contributed by atoms with van der Waals surface area (Å²) in [7, 11) is 5.33. The lowest BCUT2D eigenvalue weighted by Crippen LogP contribution is -2.27. The van der Waals surface area contributed by atoms with E-state index in [1.54, 1.807) is 30.3 Å². The number of carbonyl (C=O) groups is 4. The van der Waals surface area contributed by atoms with E-state index in [4.69, 9.17) is 28.4 Å². The Morgan fingerprint density at radius 3 is 1.62 bits per heavy atom. The summed E-state index contributed by atoms with van der Waals surface area (Å²) in [5.74, 6) is 2.32. The molecule has 2 rings (SSSR count). The largest absolute Gasteiger partial charge is 0.514 e. The van der Waals surface area contributed by atoms with Crippen LogP contribution in [0, 0.1) is 11.8 Å². The summed E-state index contributed by atoms with van der Waals surface area (Å²) in [6.45, 7) is 7.85. The zero-order valence-corrected chi connectivity index (χ0v) is 37.6. The summed E-state index contributed by atoms with van der Waals surface area (Å²) in [5, 5.41) is 22.5. The molecule has 3 N–H and O–H groups in total. The molecule has 2 aromatic rings. The number of aliphatic hydroxyl groups excluding tert-OH is 2. The number of hydrogen-bond acceptors (Lipinski definition) is 14. The highest BCUT2D eigenvalue weighted by Gasteiger charge is 2.21. The Morgan fingerprint density at radius 1 is 0.650 bits per heavy atom. The summed E-state index contributed by atoms with van der Waals surface area (Å²) >= 11 is 0. The number of rotatable bonds is 30. The SMILES string of the molecule is COc1cc(CCC(=O)CCCC/C=C/C(C)C)ccc1OC(=O)OC(CO)CSSCC(CO)OC(=O)Oc1ccc(CNC(=O)CCCC/C=C/C(C)C)cc1OC. The van der Waals surface area contributed by atoms with Crippen molar-refractivity contribution in [1.82, 2.24) is 5.32 Å². The van der Waals surface area contributed by atoms with Crippen LogP contribution in [0.25, 0.3) is 0 Å². The minimum atomic E-state index is -1.05. The van der Waals surface area contributed by atoms with E-state index in [1.807, 2.05) is 0 Å². The minimum absolute atomic E-state index is 0.0499. The summed E-state index contributed by atoms with van der Waals surface area (Å²) in [6, 6.07) is 9.93. The Kier molecular flexibility index (Phi) is 26.7. The maximum absolute atomic E-state index is 12.6. The molecule has 0 aromatic heterocycles. The zero-order chi connectivity index (χ0) is 44.1. The fourth-order valence-corrected chi connectivity index (χ4v) is 7.75. The van der Waals surface area contributed by atoms with Gasteiger partial charge in [0.05, 0.1) is 27.4 Å². The smallest absolute Gasteiger partial charge is 0.493 e. The Morgan fingerprint density at radius 2 is 1.13 bits per heavy atom. The van der Waals surface area contributed by atoms with Crippen LogP contribution >= 0.6 is 21.6 Å². The number of methoxy groups -OCH3 is 2. The van der Waals surface area contributed by atoms with Gasteiger partial charge in [-0.05, 0) is 92.2 Å². The standard InChI is InChI=1S/C45H65NO12S2/c1-32(2)15-11-7-9-13-17-36(49)22-19-34-20-23-39(41(25-34)53-5)57-44(51)55-37(28-47)30-59-60-31-38(29-48)56-45(52)58-40-24-21-35(26-42(40)54-6)27-46-43(50)18-14-10-8-12-16-33(3)4/h11-12,15-16,20-21,23-26,32-33,37-38,47-48H,7-10,13-14,17-19,22,27-31H2,1-6H3,(H,46,50)/b15-11+,16-12+. The Labute approximate surface area is 363 Å². The van der Waals surface area contributed by atoms with Crippen molar-refractivity contribution in [2.75, 3.05) is 38.9 Å². The number of aryl methyl sites for hydroxylation is 1. The van der Waals surface area contributed by atoms with E-state index in [0.717, 1.165) is 49.7 Å². The van der Waals surface area contributed by atoms with Gasteiger partial charge in [-0.2, -0.15) is 0 Å². The van der Waals surface area contributed by atoms with Gasteiger partial charge in [-0.15, -0.1) is 0 Å². The van der Waals surface area contributed by atoms with Crippen LogP contribution in [0.1, 0.15) is 96.6 Å². The van der Waals surface area contributed by atoms with Gasteiger partial charge in [0.15, 0.2) is 23.0 Å². The molecule has 2 unspecified atom stereocenters. The third kappa shape index (κ3) is 23.0. The van der Waals surface area contributed by atoms with E-state index in [2.05, 4.69) is 57.3 Å². The second-order valence-corrected chi connectivity index (χ2v) is 17.3. The lowest BCUT2D eigenvalue weighted by molar-refractivity contribution is -0.121. The summed E-state index contributed by atoms with van der Waals surface area (Å²) < 4.78 is 32.1. The van der Waals surface area contributed by atoms with Crippen molar-refractivity contribution >= 4 is 45.6 Å². The number of hydrogen-bond donors (Lipinski definition) is 3. The monoisotopic (exact) mass is 875 g/mol. The average molecular weight is 876 g/mol. The molecule has 334 valence electrons. The molecular weight excluding hydrogens is 811 g/mol. The molecule has 0 aliphatic rings. The molecule has 0 spiro atoms. The van der Waals surface area contributed by atoms with Crippen LogP contribution in [0.3, 0.4) is 0 Å². The Hall–Kier alpha value is -4.18. The van der Waals surface area contributed by atoms with Crippen molar-refractivity contribution in [1.29, 1.82) is 0 Å². The van der Waals surface area contributed by atoms with Crippen LogP contribution in [0.5, 0.6) is 23.0 Å². The molecular formula is C45H65NO12S2. The topological polar surface area (TPSA) is 176 Å². The fourth-order valence-electron chi connectivity index (χ4n) is 5.42. The first-order valence-corrected chi connectivity index (χ1v) is 23.0. The second-order valence-electron chi connectivity index (χ2n) is 14.7. The quantitative estimate of drug-likeness (QED) is 0.0223. The van der Waals surface area contributed by atoms with E-state index in [0.29, 0.717) is 43.3 Å². The maximum atomic E-state index is 12.6. The van der Waals surface area contributed by atoms with Gasteiger partial charge < -0.3 is 44.0 Å². The molecule has 2 atom stereocenters. The maximum Gasteiger partial charge on any atom is 0.514 e. The molecule has 0 aliphatic heterocycles. The molecule has 0 fully saturated rings. The highest BCUT2D eigenvalue weighted by molar-refractivity contribution is 8.76. The number of Topliss-reactive ketones (excluding diaryl/α,β-unsaturated/α-hetero) is 1. The van der Waals surface area contributed by atoms with Gasteiger partial charge in [-0.25, -0.2) is 9.59 Å². The van der Waals surface area contributed by atoms with Crippen LogP contribution in [-0.4, -0.2) is 85.4 Å². The van der Waals surface area contributed by atoms with Gasteiger partial charge in [0.1, 0.15) is 18.0 Å². The van der Waals surface area contributed by atoms with Crippen molar-refractivity contribution in [2.24, 2.45) is 11.8 Å². The number of carbonyl (C=O) groups excluding carboxylic acids is 4.